The van der Waals surface area contributed by atoms with Crippen molar-refractivity contribution in [3.8, 4) is 5.75 Å². The summed E-state index contributed by atoms with van der Waals surface area (Å²) in [6.07, 6.45) is 0.271. The number of nitrogens with zero attached hydrogens (tertiary/aromatic N) is 1. The summed E-state index contributed by atoms with van der Waals surface area (Å²) >= 11 is 0. The van der Waals surface area contributed by atoms with Gasteiger partial charge in [-0.25, -0.2) is 4.98 Å². The second kappa shape index (κ2) is 7.38. The molecule has 0 fully saturated rings. The number of methoxy groups -OCH3 is 1. The molecule has 5 nitrogen and oxygen atoms in total. The number of para-hydroxylation sites is 3. The van der Waals surface area contributed by atoms with Crippen LogP contribution in [0, 0.1) is 5.92 Å². The van der Waals surface area contributed by atoms with Crippen molar-refractivity contribution in [2.24, 2.45) is 5.92 Å². The molecule has 0 saturated carbocycles. The molecule has 0 aliphatic carbocycles. The second-order valence-corrected chi connectivity index (χ2v) is 6.42. The molecule has 0 radical (unpaired) electrons. The number of aromatic nitrogens is 2. The molecule has 0 aliphatic heterocycles. The van der Waals surface area contributed by atoms with Crippen LogP contribution in [0.2, 0.25) is 0 Å². The first-order valence-corrected chi connectivity index (χ1v) is 8.44. The minimum absolute atomic E-state index is 0.0522. The van der Waals surface area contributed by atoms with Gasteiger partial charge < -0.3 is 15.0 Å². The normalized spacial score (nSPS) is 12.3. The number of benzene rings is 2. The van der Waals surface area contributed by atoms with Gasteiger partial charge in [0.25, 0.3) is 0 Å². The molecular formula is C20H23N3O2. The van der Waals surface area contributed by atoms with Gasteiger partial charge in [0.05, 0.1) is 30.6 Å². The van der Waals surface area contributed by atoms with Crippen LogP contribution >= 0.6 is 0 Å². The first-order valence-electron chi connectivity index (χ1n) is 8.44. The van der Waals surface area contributed by atoms with E-state index in [2.05, 4.69) is 29.1 Å². The topological polar surface area (TPSA) is 67.0 Å². The largest absolute Gasteiger partial charge is 0.496 e. The highest BCUT2D eigenvalue weighted by atomic mass is 16.5. The Morgan fingerprint density at radius 2 is 1.88 bits per heavy atom. The highest BCUT2D eigenvalue weighted by Crippen LogP contribution is 2.23. The van der Waals surface area contributed by atoms with E-state index in [9.17, 15) is 4.79 Å². The molecule has 0 aliphatic rings. The van der Waals surface area contributed by atoms with E-state index in [0.29, 0.717) is 0 Å². The Balaban J connectivity index is 1.78. The zero-order valence-corrected chi connectivity index (χ0v) is 14.7. The van der Waals surface area contributed by atoms with Crippen molar-refractivity contribution >= 4 is 16.9 Å². The number of nitrogens with one attached hydrogen (secondary N) is 2. The fourth-order valence-electron chi connectivity index (χ4n) is 2.92. The number of fused-ring (bicyclic) bond motifs is 1. The standard InChI is InChI=1S/C20H23N3O2/c1-13(2)19(20-21-15-9-5-6-10-16(15)22-20)23-18(24)12-14-8-4-7-11-17(14)25-3/h4-11,13,19H,12H2,1-3H3,(H,21,22)(H,23,24)/t19-/m1/s1. The number of carbonyl (C=O) groups excluding carboxylic acids is 1. The summed E-state index contributed by atoms with van der Waals surface area (Å²) in [5.41, 5.74) is 2.75. The summed E-state index contributed by atoms with van der Waals surface area (Å²) in [5.74, 6) is 1.66. The SMILES string of the molecule is COc1ccccc1CC(=O)N[C@@H](c1nc2ccccc2[nH]1)C(C)C. The summed E-state index contributed by atoms with van der Waals surface area (Å²) in [4.78, 5) is 20.5. The van der Waals surface area contributed by atoms with E-state index in [1.807, 2.05) is 48.5 Å². The third-order valence-corrected chi connectivity index (χ3v) is 4.23. The average molecular weight is 337 g/mol. The van der Waals surface area contributed by atoms with Crippen LogP contribution in [-0.4, -0.2) is 23.0 Å². The van der Waals surface area contributed by atoms with E-state index < -0.39 is 0 Å². The number of hydrogen-bond acceptors (Lipinski definition) is 3. The molecule has 2 aromatic carbocycles. The van der Waals surface area contributed by atoms with E-state index in [4.69, 9.17) is 4.74 Å². The molecular weight excluding hydrogens is 314 g/mol. The summed E-state index contributed by atoms with van der Waals surface area (Å²) in [5, 5.41) is 3.11. The zero-order valence-electron chi connectivity index (χ0n) is 14.7. The molecule has 2 N–H and O–H groups in total. The maximum atomic E-state index is 12.6. The van der Waals surface area contributed by atoms with E-state index in [1.165, 1.54) is 0 Å². The lowest BCUT2D eigenvalue weighted by Crippen LogP contribution is -2.33. The van der Waals surface area contributed by atoms with Crippen LogP contribution in [0.3, 0.4) is 0 Å². The van der Waals surface area contributed by atoms with Gasteiger partial charge in [0, 0.05) is 5.56 Å². The third kappa shape index (κ3) is 3.82. The van der Waals surface area contributed by atoms with Crippen molar-refractivity contribution in [2.75, 3.05) is 7.11 Å². The highest BCUT2D eigenvalue weighted by molar-refractivity contribution is 5.80. The second-order valence-electron chi connectivity index (χ2n) is 6.42. The van der Waals surface area contributed by atoms with Gasteiger partial charge in [-0.2, -0.15) is 0 Å². The smallest absolute Gasteiger partial charge is 0.225 e. The molecule has 1 atom stereocenters. The van der Waals surface area contributed by atoms with Crippen LogP contribution < -0.4 is 10.1 Å². The van der Waals surface area contributed by atoms with Gasteiger partial charge in [0.2, 0.25) is 5.91 Å². The van der Waals surface area contributed by atoms with Gasteiger partial charge >= 0.3 is 0 Å². The number of imidazole rings is 1. The fraction of sp³-hybridized carbons (Fsp3) is 0.300. The molecule has 0 bridgehead atoms. The predicted octanol–water partition coefficient (Wildman–Crippen LogP) is 3.63. The van der Waals surface area contributed by atoms with Crippen LogP contribution in [-0.2, 0) is 11.2 Å². The number of rotatable bonds is 6. The highest BCUT2D eigenvalue weighted by Gasteiger charge is 2.22. The Bertz CT molecular complexity index is 837. The van der Waals surface area contributed by atoms with Crippen molar-refractivity contribution in [3.05, 3.63) is 59.9 Å². The minimum Gasteiger partial charge on any atom is -0.496 e. The minimum atomic E-state index is -0.172. The number of H-pyrrole nitrogens is 1. The lowest BCUT2D eigenvalue weighted by molar-refractivity contribution is -0.121. The molecule has 130 valence electrons. The predicted molar refractivity (Wildman–Crippen MR) is 98.5 cm³/mol. The summed E-state index contributed by atoms with van der Waals surface area (Å²) in [7, 11) is 1.61. The van der Waals surface area contributed by atoms with Gasteiger partial charge in [-0.15, -0.1) is 0 Å². The van der Waals surface area contributed by atoms with Gasteiger partial charge in [-0.3, -0.25) is 4.79 Å². The molecule has 0 saturated heterocycles. The van der Waals surface area contributed by atoms with Crippen LogP contribution in [0.4, 0.5) is 0 Å². The molecule has 3 aromatic rings. The maximum absolute atomic E-state index is 12.6. The monoisotopic (exact) mass is 337 g/mol. The Labute approximate surface area is 147 Å². The van der Waals surface area contributed by atoms with Crippen LogP contribution in [0.15, 0.2) is 48.5 Å². The van der Waals surface area contributed by atoms with E-state index in [-0.39, 0.29) is 24.3 Å². The Hall–Kier alpha value is -2.82. The number of carbonyl (C=O) groups is 1. The quantitative estimate of drug-likeness (QED) is 0.722. The van der Waals surface area contributed by atoms with E-state index >= 15 is 0 Å². The molecule has 3 rings (SSSR count). The summed E-state index contributed by atoms with van der Waals surface area (Å²) in [6, 6.07) is 15.3. The molecule has 1 aromatic heterocycles. The van der Waals surface area contributed by atoms with E-state index in [1.54, 1.807) is 7.11 Å². The lowest BCUT2D eigenvalue weighted by atomic mass is 10.0. The number of aromatic amines is 1. The van der Waals surface area contributed by atoms with Crippen molar-refractivity contribution in [2.45, 2.75) is 26.3 Å². The number of hydrogen-bond donors (Lipinski definition) is 2. The fourth-order valence-corrected chi connectivity index (χ4v) is 2.92. The first kappa shape index (κ1) is 17.0. The van der Waals surface area contributed by atoms with Gasteiger partial charge in [0.1, 0.15) is 11.6 Å². The zero-order chi connectivity index (χ0) is 17.8. The Morgan fingerprint density at radius 3 is 2.60 bits per heavy atom. The van der Waals surface area contributed by atoms with Crippen molar-refractivity contribution in [1.29, 1.82) is 0 Å². The van der Waals surface area contributed by atoms with Crippen molar-refractivity contribution < 1.29 is 9.53 Å². The van der Waals surface area contributed by atoms with Gasteiger partial charge in [-0.1, -0.05) is 44.2 Å². The molecule has 0 spiro atoms. The average Bonchev–Trinajstić information content (AvgIpc) is 3.03. The Kier molecular flexibility index (Phi) is 5.03. The van der Waals surface area contributed by atoms with Gasteiger partial charge in [0.15, 0.2) is 0 Å². The van der Waals surface area contributed by atoms with Crippen molar-refractivity contribution in [1.82, 2.24) is 15.3 Å². The summed E-state index contributed by atoms with van der Waals surface area (Å²) in [6.45, 7) is 4.14. The Morgan fingerprint density at radius 1 is 1.16 bits per heavy atom. The van der Waals surface area contributed by atoms with Crippen molar-refractivity contribution in [3.63, 3.8) is 0 Å². The summed E-state index contributed by atoms with van der Waals surface area (Å²) < 4.78 is 5.32. The van der Waals surface area contributed by atoms with Crippen LogP contribution in [0.5, 0.6) is 5.75 Å². The van der Waals surface area contributed by atoms with Crippen LogP contribution in [0.1, 0.15) is 31.3 Å². The number of ether oxygens (including phenoxy) is 1. The lowest BCUT2D eigenvalue weighted by Gasteiger charge is -2.20. The molecule has 1 heterocycles. The third-order valence-electron chi connectivity index (χ3n) is 4.23. The van der Waals surface area contributed by atoms with Gasteiger partial charge in [-0.05, 0) is 24.1 Å². The number of amides is 1. The maximum Gasteiger partial charge on any atom is 0.225 e. The molecule has 5 heteroatoms. The van der Waals surface area contributed by atoms with E-state index in [0.717, 1.165) is 28.2 Å². The molecule has 0 unspecified atom stereocenters. The molecule has 1 amide bonds. The van der Waals surface area contributed by atoms with Crippen LogP contribution in [0.25, 0.3) is 11.0 Å². The first-order chi connectivity index (χ1) is 12.1. The molecule has 25 heavy (non-hydrogen) atoms.